The monoisotopic (exact) mass is 701 g/mol. The molecule has 1 atom stereocenters. The molecule has 9 nitrogen and oxygen atoms in total. The van der Waals surface area contributed by atoms with E-state index in [2.05, 4.69) is 52.0 Å². The highest BCUT2D eigenvalue weighted by Crippen LogP contribution is 2.34. The van der Waals surface area contributed by atoms with Crippen LogP contribution in [0.4, 0.5) is 9.59 Å². The summed E-state index contributed by atoms with van der Waals surface area (Å²) in [6.07, 6.45) is 4.81. The molecule has 0 radical (unpaired) electrons. The van der Waals surface area contributed by atoms with Crippen LogP contribution in [0.1, 0.15) is 82.1 Å². The van der Waals surface area contributed by atoms with Crippen molar-refractivity contribution in [2.75, 3.05) is 19.8 Å². The first kappa shape index (κ1) is 39.0. The molecule has 0 heterocycles. The van der Waals surface area contributed by atoms with Gasteiger partial charge in [-0.15, -0.1) is 0 Å². The molecule has 0 bridgehead atoms. The summed E-state index contributed by atoms with van der Waals surface area (Å²) < 4.78 is 21.2. The highest BCUT2D eigenvalue weighted by molar-refractivity contribution is 5.89. The Morgan fingerprint density at radius 3 is 1.46 bits per heavy atom. The molecule has 2 amide bonds. The Kier molecular flexibility index (Phi) is 14.2. The molecule has 0 aliphatic rings. The maximum atomic E-state index is 13.6. The van der Waals surface area contributed by atoms with Crippen LogP contribution in [-0.2, 0) is 20.3 Å². The van der Waals surface area contributed by atoms with Crippen LogP contribution in [0.25, 0.3) is 0 Å². The van der Waals surface area contributed by atoms with Gasteiger partial charge in [0.05, 0.1) is 0 Å². The Labute approximate surface area is 307 Å². The summed E-state index contributed by atoms with van der Waals surface area (Å²) in [5, 5.41) is 17.5. The molecule has 270 valence electrons. The fourth-order valence-corrected chi connectivity index (χ4v) is 6.15. The van der Waals surface area contributed by atoms with Crippen LogP contribution in [-0.4, -0.2) is 36.8 Å². The molecule has 0 spiro atoms. The van der Waals surface area contributed by atoms with Crippen LogP contribution < -0.4 is 9.47 Å². The Morgan fingerprint density at radius 2 is 1.02 bits per heavy atom. The van der Waals surface area contributed by atoms with Gasteiger partial charge in [0, 0.05) is 17.4 Å². The van der Waals surface area contributed by atoms with Gasteiger partial charge in [-0.3, -0.25) is 0 Å². The van der Waals surface area contributed by atoms with Gasteiger partial charge in [-0.25, -0.2) is 14.5 Å². The number of carbonyl (C=O) groups is 2. The summed E-state index contributed by atoms with van der Waals surface area (Å²) in [6, 6.07) is 34.9. The van der Waals surface area contributed by atoms with E-state index in [0.29, 0.717) is 50.2 Å². The summed E-state index contributed by atoms with van der Waals surface area (Å²) in [4.78, 5) is 28.1. The summed E-state index contributed by atoms with van der Waals surface area (Å²) in [7, 11) is 0. The van der Waals surface area contributed by atoms with Crippen molar-refractivity contribution in [3.8, 4) is 24.0 Å². The molecular weight excluding hydrogens is 654 g/mol. The first-order chi connectivity index (χ1) is 25.1. The Bertz CT molecular complexity index is 1690. The fraction of sp³-hybridized carbons (Fsp3) is 0.349. The molecule has 4 rings (SSSR count). The van der Waals surface area contributed by atoms with Gasteiger partial charge in [0.15, 0.2) is 0 Å². The Hall–Kier alpha value is -5.80. The van der Waals surface area contributed by atoms with Crippen LogP contribution in [0.3, 0.4) is 0 Å². The van der Waals surface area contributed by atoms with Gasteiger partial charge in [-0.2, -0.15) is 10.5 Å². The third-order valence-electron chi connectivity index (χ3n) is 9.55. The normalized spacial score (nSPS) is 11.7. The number of nitriles is 2. The minimum atomic E-state index is -0.847. The van der Waals surface area contributed by atoms with Crippen molar-refractivity contribution in [3.05, 3.63) is 131 Å². The predicted molar refractivity (Wildman–Crippen MR) is 198 cm³/mol. The lowest BCUT2D eigenvalue weighted by molar-refractivity contribution is 0.129. The Morgan fingerprint density at radius 1 is 0.596 bits per heavy atom. The first-order valence-corrected chi connectivity index (χ1v) is 17.6. The predicted octanol–water partition coefficient (Wildman–Crippen LogP) is 9.90. The van der Waals surface area contributed by atoms with E-state index < -0.39 is 12.2 Å². The molecule has 0 fully saturated rings. The molecule has 4 aromatic carbocycles. The van der Waals surface area contributed by atoms with Gasteiger partial charge in [0.2, 0.25) is 0 Å². The summed E-state index contributed by atoms with van der Waals surface area (Å²) in [5.74, 6) is 0.652. The van der Waals surface area contributed by atoms with Gasteiger partial charge < -0.3 is 18.9 Å². The lowest BCUT2D eigenvalue weighted by Crippen LogP contribution is -2.41. The van der Waals surface area contributed by atoms with E-state index in [-0.39, 0.29) is 29.9 Å². The number of ether oxygens (including phenoxy) is 4. The zero-order valence-corrected chi connectivity index (χ0v) is 30.4. The quantitative estimate of drug-likeness (QED) is 0.0788. The Balaban J connectivity index is 1.46. The van der Waals surface area contributed by atoms with Crippen molar-refractivity contribution in [2.24, 2.45) is 5.92 Å². The fourth-order valence-electron chi connectivity index (χ4n) is 6.15. The summed E-state index contributed by atoms with van der Waals surface area (Å²) in [5.41, 5.74) is 3.85. The molecule has 4 aromatic rings. The molecule has 0 aliphatic heterocycles. The second kappa shape index (κ2) is 19.0. The third kappa shape index (κ3) is 10.8. The number of amides is 2. The largest absolute Gasteiger partial charge is 0.428 e. The molecular formula is C43H47N3O6. The second-order valence-electron chi connectivity index (χ2n) is 13.8. The van der Waals surface area contributed by atoms with Crippen molar-refractivity contribution in [1.29, 1.82) is 10.5 Å². The maximum Gasteiger partial charge on any atom is 0.424 e. The zero-order valence-electron chi connectivity index (χ0n) is 30.4. The molecule has 0 aliphatic carbocycles. The topological polar surface area (TPSA) is 122 Å². The highest BCUT2D eigenvalue weighted by atomic mass is 16.6. The van der Waals surface area contributed by atoms with E-state index in [1.54, 1.807) is 36.8 Å². The number of benzene rings is 4. The molecule has 0 saturated heterocycles. The third-order valence-corrected chi connectivity index (χ3v) is 9.55. The van der Waals surface area contributed by atoms with Crippen LogP contribution in [0.2, 0.25) is 0 Å². The minimum Gasteiger partial charge on any atom is -0.428 e. The van der Waals surface area contributed by atoms with Gasteiger partial charge >= 0.3 is 12.2 Å². The summed E-state index contributed by atoms with van der Waals surface area (Å²) >= 11 is 0. The lowest BCUT2D eigenvalue weighted by atomic mass is 9.78. The number of carbonyl (C=O) groups excluding carboxylic acids is 2. The van der Waals surface area contributed by atoms with Crippen molar-refractivity contribution in [2.45, 2.75) is 70.6 Å². The number of imide groups is 1. The van der Waals surface area contributed by atoms with Crippen molar-refractivity contribution in [3.63, 3.8) is 0 Å². The second-order valence-corrected chi connectivity index (χ2v) is 13.8. The smallest absolute Gasteiger partial charge is 0.424 e. The van der Waals surface area contributed by atoms with Gasteiger partial charge in [-0.1, -0.05) is 119 Å². The molecule has 1 unspecified atom stereocenters. The number of hydrogen-bond donors (Lipinski definition) is 0. The maximum absolute atomic E-state index is 13.6. The number of rotatable bonds is 17. The van der Waals surface area contributed by atoms with Crippen molar-refractivity contribution >= 4 is 12.2 Å². The molecule has 0 aromatic heterocycles. The highest BCUT2D eigenvalue weighted by Gasteiger charge is 2.28. The van der Waals surface area contributed by atoms with E-state index in [1.807, 2.05) is 60.7 Å². The minimum absolute atomic E-state index is 0.0478. The van der Waals surface area contributed by atoms with E-state index in [4.69, 9.17) is 29.5 Å². The molecule has 0 saturated carbocycles. The number of unbranched alkanes of at least 4 members (excludes halogenated alkanes) is 1. The standard InChI is InChI=1S/C43H47N3O6/c1-42(2,34-16-7-5-8-17-34)36-20-24-38(25-21-36)51-40(47)46(28-12-11-14-33(30-50-32-45)15-13-29-49-31-44)41(48)52-39-26-22-37(23-27-39)43(3,4)35-18-9-6-10-19-35/h5-10,16-27,33H,11-15,28-30H2,1-4H3. The van der Waals surface area contributed by atoms with Crippen LogP contribution >= 0.6 is 0 Å². The lowest BCUT2D eigenvalue weighted by Gasteiger charge is -2.26. The summed E-state index contributed by atoms with van der Waals surface area (Å²) in [6.45, 7) is 9.12. The van der Waals surface area contributed by atoms with Crippen LogP contribution in [0.15, 0.2) is 109 Å². The zero-order chi connectivity index (χ0) is 37.4. The van der Waals surface area contributed by atoms with Crippen LogP contribution in [0.5, 0.6) is 11.5 Å². The number of nitrogens with zero attached hydrogens (tertiary/aromatic N) is 3. The van der Waals surface area contributed by atoms with E-state index >= 15 is 0 Å². The van der Waals surface area contributed by atoms with Gasteiger partial charge in [-0.05, 0) is 78.1 Å². The van der Waals surface area contributed by atoms with Gasteiger partial charge in [0.1, 0.15) is 24.7 Å². The average molecular weight is 702 g/mol. The van der Waals surface area contributed by atoms with E-state index in [0.717, 1.165) is 27.2 Å². The molecule has 52 heavy (non-hydrogen) atoms. The van der Waals surface area contributed by atoms with E-state index in [1.165, 1.54) is 0 Å². The van der Waals surface area contributed by atoms with E-state index in [9.17, 15) is 9.59 Å². The number of hydrogen-bond acceptors (Lipinski definition) is 8. The first-order valence-electron chi connectivity index (χ1n) is 17.6. The van der Waals surface area contributed by atoms with Crippen LogP contribution in [0, 0.1) is 29.0 Å². The molecule has 0 N–H and O–H groups in total. The van der Waals surface area contributed by atoms with Crippen molar-refractivity contribution < 1.29 is 28.5 Å². The van der Waals surface area contributed by atoms with Gasteiger partial charge in [0.25, 0.3) is 12.5 Å². The average Bonchev–Trinajstić information content (AvgIpc) is 3.16. The molecule has 9 heteroatoms. The van der Waals surface area contributed by atoms with Crippen molar-refractivity contribution in [1.82, 2.24) is 4.90 Å². The SMILES string of the molecule is CC(C)(c1ccccc1)c1ccc(OC(=O)N(CCCCC(CCCOC#N)COC#N)C(=O)Oc2ccc(C(C)(C)c3ccccc3)cc2)cc1.